The van der Waals surface area contributed by atoms with Gasteiger partial charge in [-0.05, 0) is 31.5 Å². The maximum Gasteiger partial charge on any atom is 0.134 e. The Morgan fingerprint density at radius 2 is 1.75 bits per heavy atom. The van der Waals surface area contributed by atoms with Crippen molar-refractivity contribution in [2.45, 2.75) is 26.0 Å². The highest BCUT2D eigenvalue weighted by Gasteiger charge is 2.19. The molecule has 0 saturated heterocycles. The van der Waals surface area contributed by atoms with Crippen LogP contribution >= 0.6 is 11.6 Å². The van der Waals surface area contributed by atoms with Crippen LogP contribution in [0.4, 0.5) is 5.82 Å². The predicted octanol–water partition coefficient (Wildman–Crippen LogP) is 3.99. The number of hydrogen-bond donors (Lipinski definition) is 1. The number of anilines is 1. The number of halogens is 1. The fraction of sp³-hybridized carbons (Fsp3) is 0.312. The van der Waals surface area contributed by atoms with Crippen LogP contribution in [0.2, 0.25) is 5.02 Å². The third-order valence-electron chi connectivity index (χ3n) is 3.54. The van der Waals surface area contributed by atoms with Crippen LogP contribution in [0.15, 0.2) is 42.6 Å². The van der Waals surface area contributed by atoms with E-state index in [-0.39, 0.29) is 6.04 Å². The molecule has 0 aliphatic rings. The Balaban J connectivity index is 2.37. The zero-order valence-corrected chi connectivity index (χ0v) is 12.7. The first-order valence-electron chi connectivity index (χ1n) is 6.62. The summed E-state index contributed by atoms with van der Waals surface area (Å²) in [7, 11) is 1.96. The lowest BCUT2D eigenvalue weighted by molar-refractivity contribution is 0.199. The summed E-state index contributed by atoms with van der Waals surface area (Å²) in [5.41, 5.74) is 1.85. The Hall–Kier alpha value is -1.58. The number of pyridine rings is 1. The largest absolute Gasteiger partial charge is 0.389 e. The number of hydrogen-bond acceptors (Lipinski definition) is 3. The molecule has 0 fully saturated rings. The molecule has 0 bridgehead atoms. The van der Waals surface area contributed by atoms with Crippen LogP contribution < -0.4 is 4.90 Å². The summed E-state index contributed by atoms with van der Waals surface area (Å²) in [6.45, 7) is 3.82. The highest BCUT2D eigenvalue weighted by molar-refractivity contribution is 6.31. The first-order chi connectivity index (χ1) is 9.52. The van der Waals surface area contributed by atoms with Crippen molar-refractivity contribution in [3.05, 3.63) is 58.7 Å². The van der Waals surface area contributed by atoms with Crippen molar-refractivity contribution in [3.63, 3.8) is 0 Å². The monoisotopic (exact) mass is 290 g/mol. The molecular weight excluding hydrogens is 272 g/mol. The van der Waals surface area contributed by atoms with Crippen molar-refractivity contribution < 1.29 is 5.11 Å². The lowest BCUT2D eigenvalue weighted by Gasteiger charge is -2.29. The lowest BCUT2D eigenvalue weighted by atomic mass is 10.1. The number of aromatic nitrogens is 1. The van der Waals surface area contributed by atoms with Crippen LogP contribution in [0, 0.1) is 0 Å². The SMILES string of the molecule is CC(c1ccccc1Cl)N(C)c1ncccc1[C@@H](C)O. The van der Waals surface area contributed by atoms with Gasteiger partial charge < -0.3 is 10.0 Å². The standard InChI is InChI=1S/C16H19ClN2O/c1-11(13-7-4-5-9-15(13)17)19(3)16-14(12(2)20)8-6-10-18-16/h4-12,20H,1-3H3/t11?,12-/m1/s1. The second-order valence-corrected chi connectivity index (χ2v) is 5.31. The molecule has 2 rings (SSSR count). The van der Waals surface area contributed by atoms with Crippen LogP contribution in [-0.4, -0.2) is 17.1 Å². The number of aliphatic hydroxyl groups excluding tert-OH is 1. The zero-order chi connectivity index (χ0) is 14.7. The molecule has 4 heteroatoms. The minimum atomic E-state index is -0.556. The van der Waals surface area contributed by atoms with Gasteiger partial charge in [0, 0.05) is 23.8 Å². The summed E-state index contributed by atoms with van der Waals surface area (Å²) >= 11 is 6.26. The van der Waals surface area contributed by atoms with E-state index in [0.29, 0.717) is 0 Å². The van der Waals surface area contributed by atoms with Crippen LogP contribution in [-0.2, 0) is 0 Å². The van der Waals surface area contributed by atoms with E-state index in [2.05, 4.69) is 11.9 Å². The summed E-state index contributed by atoms with van der Waals surface area (Å²) in [5, 5.41) is 10.6. The molecule has 0 radical (unpaired) electrons. The number of aliphatic hydroxyl groups is 1. The van der Waals surface area contributed by atoms with E-state index in [1.165, 1.54) is 0 Å². The average molecular weight is 291 g/mol. The Morgan fingerprint density at radius 3 is 2.40 bits per heavy atom. The van der Waals surface area contributed by atoms with Gasteiger partial charge in [-0.2, -0.15) is 0 Å². The van der Waals surface area contributed by atoms with E-state index in [1.54, 1.807) is 13.1 Å². The Morgan fingerprint density at radius 1 is 1.10 bits per heavy atom. The van der Waals surface area contributed by atoms with E-state index in [9.17, 15) is 5.11 Å². The fourth-order valence-corrected chi connectivity index (χ4v) is 2.53. The molecular formula is C16H19ClN2O. The highest BCUT2D eigenvalue weighted by atomic mass is 35.5. The highest BCUT2D eigenvalue weighted by Crippen LogP contribution is 2.32. The van der Waals surface area contributed by atoms with E-state index < -0.39 is 6.10 Å². The van der Waals surface area contributed by atoms with Gasteiger partial charge in [-0.25, -0.2) is 4.98 Å². The average Bonchev–Trinajstić information content (AvgIpc) is 2.46. The molecule has 0 spiro atoms. The molecule has 1 aromatic carbocycles. The number of rotatable bonds is 4. The normalized spacial score (nSPS) is 13.8. The summed E-state index contributed by atoms with van der Waals surface area (Å²) in [4.78, 5) is 6.43. The van der Waals surface area contributed by atoms with Crippen molar-refractivity contribution in [2.24, 2.45) is 0 Å². The second kappa shape index (κ2) is 6.25. The van der Waals surface area contributed by atoms with Crippen LogP contribution in [0.5, 0.6) is 0 Å². The van der Waals surface area contributed by atoms with Crippen molar-refractivity contribution in [1.82, 2.24) is 4.98 Å². The third kappa shape index (κ3) is 2.94. The molecule has 0 saturated carbocycles. The molecule has 0 aliphatic carbocycles. The van der Waals surface area contributed by atoms with E-state index in [4.69, 9.17) is 11.6 Å². The van der Waals surface area contributed by atoms with Gasteiger partial charge in [0.15, 0.2) is 0 Å². The molecule has 1 heterocycles. The van der Waals surface area contributed by atoms with E-state index in [0.717, 1.165) is 22.0 Å². The van der Waals surface area contributed by atoms with Crippen LogP contribution in [0.3, 0.4) is 0 Å². The van der Waals surface area contributed by atoms with Gasteiger partial charge in [-0.15, -0.1) is 0 Å². The topological polar surface area (TPSA) is 36.4 Å². The maximum absolute atomic E-state index is 9.87. The van der Waals surface area contributed by atoms with Gasteiger partial charge in [-0.3, -0.25) is 0 Å². The van der Waals surface area contributed by atoms with E-state index >= 15 is 0 Å². The molecule has 20 heavy (non-hydrogen) atoms. The van der Waals surface area contributed by atoms with Crippen LogP contribution in [0.25, 0.3) is 0 Å². The first-order valence-corrected chi connectivity index (χ1v) is 7.00. The molecule has 3 nitrogen and oxygen atoms in total. The van der Waals surface area contributed by atoms with Crippen LogP contribution in [0.1, 0.15) is 37.1 Å². The molecule has 1 aromatic heterocycles. The first kappa shape index (κ1) is 14.8. The van der Waals surface area contributed by atoms with Crippen molar-refractivity contribution >= 4 is 17.4 Å². The number of nitrogens with zero attached hydrogens (tertiary/aromatic N) is 2. The smallest absolute Gasteiger partial charge is 0.134 e. The molecule has 106 valence electrons. The molecule has 1 N–H and O–H groups in total. The summed E-state index contributed by atoms with van der Waals surface area (Å²) in [6.07, 6.45) is 1.18. The van der Waals surface area contributed by atoms with Crippen molar-refractivity contribution in [2.75, 3.05) is 11.9 Å². The van der Waals surface area contributed by atoms with Gasteiger partial charge in [0.05, 0.1) is 12.1 Å². The molecule has 1 unspecified atom stereocenters. The Bertz CT molecular complexity index is 586. The van der Waals surface area contributed by atoms with Crippen molar-refractivity contribution in [3.8, 4) is 0 Å². The van der Waals surface area contributed by atoms with Gasteiger partial charge in [0.1, 0.15) is 5.82 Å². The third-order valence-corrected chi connectivity index (χ3v) is 3.88. The van der Waals surface area contributed by atoms with Gasteiger partial charge in [0.25, 0.3) is 0 Å². The predicted molar refractivity (Wildman–Crippen MR) is 83.1 cm³/mol. The minimum absolute atomic E-state index is 0.0658. The summed E-state index contributed by atoms with van der Waals surface area (Å²) < 4.78 is 0. The molecule has 0 amide bonds. The number of benzene rings is 1. The molecule has 0 aliphatic heterocycles. The minimum Gasteiger partial charge on any atom is -0.389 e. The summed E-state index contributed by atoms with van der Waals surface area (Å²) in [5.74, 6) is 0.773. The zero-order valence-electron chi connectivity index (χ0n) is 11.9. The van der Waals surface area contributed by atoms with Gasteiger partial charge in [-0.1, -0.05) is 35.9 Å². The second-order valence-electron chi connectivity index (χ2n) is 4.90. The van der Waals surface area contributed by atoms with Crippen molar-refractivity contribution in [1.29, 1.82) is 0 Å². The molecule has 2 atom stereocenters. The Kier molecular flexibility index (Phi) is 4.63. The van der Waals surface area contributed by atoms with Gasteiger partial charge >= 0.3 is 0 Å². The fourth-order valence-electron chi connectivity index (χ4n) is 2.24. The molecule has 2 aromatic rings. The maximum atomic E-state index is 9.87. The van der Waals surface area contributed by atoms with Gasteiger partial charge in [0.2, 0.25) is 0 Å². The quantitative estimate of drug-likeness (QED) is 0.925. The lowest BCUT2D eigenvalue weighted by Crippen LogP contribution is -2.24. The summed E-state index contributed by atoms with van der Waals surface area (Å²) in [6, 6.07) is 11.6. The van der Waals surface area contributed by atoms with E-state index in [1.807, 2.05) is 48.3 Å². The Labute approximate surface area is 124 Å².